The van der Waals surface area contributed by atoms with E-state index >= 15 is 0 Å². The van der Waals surface area contributed by atoms with Gasteiger partial charge in [-0.05, 0) is 6.42 Å². The van der Waals surface area contributed by atoms with Gasteiger partial charge in [0.25, 0.3) is 0 Å². The van der Waals surface area contributed by atoms with E-state index in [2.05, 4.69) is 0 Å². The van der Waals surface area contributed by atoms with Crippen molar-refractivity contribution < 1.29 is 8.78 Å². The summed E-state index contributed by atoms with van der Waals surface area (Å²) in [6.07, 6.45) is 5.65. The van der Waals surface area contributed by atoms with E-state index in [1.807, 2.05) is 0 Å². The summed E-state index contributed by atoms with van der Waals surface area (Å²) in [6, 6.07) is 0. The Morgan fingerprint density at radius 1 is 1.67 bits per heavy atom. The van der Waals surface area contributed by atoms with Crippen molar-refractivity contribution in [2.45, 2.75) is 6.42 Å². The SMILES string of the molecule is FC=C(F)C1=CCC=C1. The second kappa shape index (κ2) is 2.58. The Hall–Kier alpha value is -0.920. The van der Waals surface area contributed by atoms with Gasteiger partial charge in [0.1, 0.15) is 6.33 Å². The van der Waals surface area contributed by atoms with Crippen LogP contribution in [0.1, 0.15) is 6.42 Å². The highest BCUT2D eigenvalue weighted by atomic mass is 19.2. The Morgan fingerprint density at radius 2 is 2.44 bits per heavy atom. The molecule has 0 aliphatic heterocycles. The molecule has 1 aliphatic carbocycles. The average Bonchev–Trinajstić information content (AvgIpc) is 2.37. The smallest absolute Gasteiger partial charge is 0.158 e. The molecule has 0 aromatic heterocycles. The van der Waals surface area contributed by atoms with Crippen LogP contribution in [0.15, 0.2) is 36.0 Å². The molecule has 0 N–H and O–H groups in total. The van der Waals surface area contributed by atoms with Gasteiger partial charge in [-0.2, -0.15) is 0 Å². The lowest BCUT2D eigenvalue weighted by molar-refractivity contribution is 0.599. The lowest BCUT2D eigenvalue weighted by Gasteiger charge is -1.87. The predicted molar refractivity (Wildman–Crippen MR) is 32.1 cm³/mol. The van der Waals surface area contributed by atoms with E-state index in [9.17, 15) is 8.78 Å². The zero-order valence-corrected chi connectivity index (χ0v) is 4.77. The average molecular weight is 128 g/mol. The van der Waals surface area contributed by atoms with Crippen LogP contribution in [-0.4, -0.2) is 0 Å². The normalized spacial score (nSPS) is 18.4. The van der Waals surface area contributed by atoms with Crippen molar-refractivity contribution in [2.24, 2.45) is 0 Å². The van der Waals surface area contributed by atoms with Crippen molar-refractivity contribution in [1.82, 2.24) is 0 Å². The van der Waals surface area contributed by atoms with Crippen molar-refractivity contribution in [2.75, 3.05) is 0 Å². The van der Waals surface area contributed by atoms with E-state index < -0.39 is 5.83 Å². The van der Waals surface area contributed by atoms with Crippen LogP contribution in [0.5, 0.6) is 0 Å². The fourth-order valence-electron chi connectivity index (χ4n) is 0.698. The molecule has 0 aromatic carbocycles. The molecular formula is C7H6F2. The Morgan fingerprint density at radius 3 is 2.89 bits per heavy atom. The second-order valence-electron chi connectivity index (χ2n) is 1.75. The Labute approximate surface area is 52.2 Å². The summed E-state index contributed by atoms with van der Waals surface area (Å²) in [5.74, 6) is -0.788. The van der Waals surface area contributed by atoms with Crippen LogP contribution in [0.2, 0.25) is 0 Å². The van der Waals surface area contributed by atoms with Crippen LogP contribution in [0.4, 0.5) is 8.78 Å². The molecule has 48 valence electrons. The van der Waals surface area contributed by atoms with Gasteiger partial charge in [0.05, 0.1) is 0 Å². The van der Waals surface area contributed by atoms with Gasteiger partial charge in [-0.1, -0.05) is 18.2 Å². The van der Waals surface area contributed by atoms with Crippen LogP contribution < -0.4 is 0 Å². The quantitative estimate of drug-likeness (QED) is 0.509. The van der Waals surface area contributed by atoms with Crippen molar-refractivity contribution in [3.63, 3.8) is 0 Å². The molecule has 1 rings (SSSR count). The third kappa shape index (κ3) is 1.25. The number of halogens is 2. The standard InChI is InChI=1S/C7H6F2/c8-5-7(9)6-3-1-2-4-6/h1,3-5H,2H2. The number of hydrogen-bond acceptors (Lipinski definition) is 0. The zero-order chi connectivity index (χ0) is 6.69. The minimum atomic E-state index is -0.788. The first-order valence-corrected chi connectivity index (χ1v) is 2.67. The molecule has 0 unspecified atom stereocenters. The summed E-state index contributed by atoms with van der Waals surface area (Å²) in [5, 5.41) is 0. The predicted octanol–water partition coefficient (Wildman–Crippen LogP) is 2.65. The largest absolute Gasteiger partial charge is 0.212 e. The van der Waals surface area contributed by atoms with Gasteiger partial charge >= 0.3 is 0 Å². The van der Waals surface area contributed by atoms with Gasteiger partial charge in [-0.3, -0.25) is 0 Å². The maximum atomic E-state index is 12.2. The van der Waals surface area contributed by atoms with Gasteiger partial charge in [-0.25, -0.2) is 8.78 Å². The van der Waals surface area contributed by atoms with Crippen LogP contribution >= 0.6 is 0 Å². The molecule has 2 heteroatoms. The molecule has 0 spiro atoms. The van der Waals surface area contributed by atoms with Crippen molar-refractivity contribution in [1.29, 1.82) is 0 Å². The number of hydrogen-bond donors (Lipinski definition) is 0. The first kappa shape index (κ1) is 6.20. The first-order chi connectivity index (χ1) is 4.34. The molecule has 0 amide bonds. The minimum Gasteiger partial charge on any atom is -0.212 e. The van der Waals surface area contributed by atoms with Crippen molar-refractivity contribution >= 4 is 0 Å². The van der Waals surface area contributed by atoms with Crippen LogP contribution in [-0.2, 0) is 0 Å². The highest BCUT2D eigenvalue weighted by Crippen LogP contribution is 2.18. The highest BCUT2D eigenvalue weighted by molar-refractivity contribution is 5.38. The molecule has 0 heterocycles. The summed E-state index contributed by atoms with van der Waals surface area (Å²) in [5.41, 5.74) is 0.345. The maximum Gasteiger partial charge on any atom is 0.158 e. The van der Waals surface area contributed by atoms with Gasteiger partial charge in [0, 0.05) is 5.57 Å². The fourth-order valence-corrected chi connectivity index (χ4v) is 0.698. The molecule has 0 radical (unpaired) electrons. The summed E-state index contributed by atoms with van der Waals surface area (Å²) >= 11 is 0. The monoisotopic (exact) mass is 128 g/mol. The molecule has 0 fully saturated rings. The summed E-state index contributed by atoms with van der Waals surface area (Å²) in [6.45, 7) is 0. The Kier molecular flexibility index (Phi) is 1.78. The highest BCUT2D eigenvalue weighted by Gasteiger charge is 2.02. The summed E-state index contributed by atoms with van der Waals surface area (Å²) in [4.78, 5) is 0. The van der Waals surface area contributed by atoms with Crippen LogP contribution in [0, 0.1) is 0 Å². The van der Waals surface area contributed by atoms with Gasteiger partial charge < -0.3 is 0 Å². The van der Waals surface area contributed by atoms with E-state index in [-0.39, 0.29) is 6.33 Å². The van der Waals surface area contributed by atoms with E-state index in [0.717, 1.165) is 0 Å². The first-order valence-electron chi connectivity index (χ1n) is 2.67. The van der Waals surface area contributed by atoms with Gasteiger partial charge in [0.2, 0.25) is 0 Å². The fraction of sp³-hybridized carbons (Fsp3) is 0.143. The van der Waals surface area contributed by atoms with Gasteiger partial charge in [0.15, 0.2) is 5.83 Å². The summed E-state index contributed by atoms with van der Waals surface area (Å²) < 4.78 is 23.6. The Bertz CT molecular complexity index is 187. The molecule has 0 nitrogen and oxygen atoms in total. The van der Waals surface area contributed by atoms with Gasteiger partial charge in [-0.15, -0.1) is 0 Å². The van der Waals surface area contributed by atoms with Crippen molar-refractivity contribution in [3.05, 3.63) is 36.0 Å². The second-order valence-corrected chi connectivity index (χ2v) is 1.75. The van der Waals surface area contributed by atoms with Crippen molar-refractivity contribution in [3.8, 4) is 0 Å². The molecule has 0 atom stereocenters. The van der Waals surface area contributed by atoms with E-state index in [4.69, 9.17) is 0 Å². The van der Waals surface area contributed by atoms with E-state index in [0.29, 0.717) is 12.0 Å². The van der Waals surface area contributed by atoms with Crippen LogP contribution in [0.25, 0.3) is 0 Å². The van der Waals surface area contributed by atoms with E-state index in [1.54, 1.807) is 18.2 Å². The number of rotatable bonds is 1. The molecule has 0 saturated carbocycles. The molecular weight excluding hydrogens is 122 g/mol. The number of allylic oxidation sites excluding steroid dienone is 5. The molecule has 0 saturated heterocycles. The third-order valence-electron chi connectivity index (χ3n) is 1.14. The minimum absolute atomic E-state index is 0.0263. The topological polar surface area (TPSA) is 0 Å². The van der Waals surface area contributed by atoms with Crippen LogP contribution in [0.3, 0.4) is 0 Å². The zero-order valence-electron chi connectivity index (χ0n) is 4.77. The van der Waals surface area contributed by atoms with E-state index in [1.165, 1.54) is 0 Å². The maximum absolute atomic E-state index is 12.2. The lowest BCUT2D eigenvalue weighted by atomic mass is 10.3. The Balaban J connectivity index is 2.73. The molecule has 0 bridgehead atoms. The summed E-state index contributed by atoms with van der Waals surface area (Å²) in [7, 11) is 0. The molecule has 9 heavy (non-hydrogen) atoms. The lowest BCUT2D eigenvalue weighted by Crippen LogP contribution is -1.72. The molecule has 0 aromatic rings. The third-order valence-corrected chi connectivity index (χ3v) is 1.14. The molecule has 1 aliphatic rings.